The minimum atomic E-state index is -0.541. The third-order valence-electron chi connectivity index (χ3n) is 5.65. The Labute approximate surface area is 117 Å². The molecule has 19 heavy (non-hydrogen) atoms. The molecular formula is C17H28O2. The lowest BCUT2D eigenvalue weighted by Gasteiger charge is -2.47. The molecule has 0 aromatic heterocycles. The minimum absolute atomic E-state index is 0.495. The Morgan fingerprint density at radius 3 is 2.53 bits per heavy atom. The molecule has 2 atom stereocenters. The van der Waals surface area contributed by atoms with E-state index in [4.69, 9.17) is 4.74 Å². The summed E-state index contributed by atoms with van der Waals surface area (Å²) in [4.78, 5) is 0. The summed E-state index contributed by atoms with van der Waals surface area (Å²) >= 11 is 0. The molecule has 0 bridgehead atoms. The van der Waals surface area contributed by atoms with Crippen LogP contribution in [0.15, 0.2) is 11.8 Å². The molecule has 0 spiro atoms. The highest BCUT2D eigenvalue weighted by atomic mass is 16.5. The van der Waals surface area contributed by atoms with Crippen molar-refractivity contribution in [3.63, 3.8) is 0 Å². The van der Waals surface area contributed by atoms with Crippen LogP contribution in [0.2, 0.25) is 0 Å². The third-order valence-corrected chi connectivity index (χ3v) is 5.65. The Kier molecular flexibility index (Phi) is 4.16. The molecule has 3 rings (SSSR count). The summed E-state index contributed by atoms with van der Waals surface area (Å²) in [5, 5.41) is 11.4. The predicted molar refractivity (Wildman–Crippen MR) is 76.8 cm³/mol. The Bertz CT molecular complexity index is 330. The number of ether oxygens (including phenoxy) is 1. The van der Waals surface area contributed by atoms with Gasteiger partial charge in [0.15, 0.2) is 0 Å². The summed E-state index contributed by atoms with van der Waals surface area (Å²) in [6.07, 6.45) is 15.5. The van der Waals surface area contributed by atoms with Gasteiger partial charge in [0.1, 0.15) is 0 Å². The van der Waals surface area contributed by atoms with Crippen molar-refractivity contribution in [2.45, 2.75) is 76.2 Å². The summed E-state index contributed by atoms with van der Waals surface area (Å²) in [5.74, 6) is 1.25. The Balaban J connectivity index is 1.80. The monoisotopic (exact) mass is 264 g/mol. The number of aliphatic hydroxyl groups is 1. The van der Waals surface area contributed by atoms with Crippen molar-refractivity contribution < 1.29 is 9.84 Å². The van der Waals surface area contributed by atoms with Gasteiger partial charge in [-0.05, 0) is 43.1 Å². The van der Waals surface area contributed by atoms with E-state index in [9.17, 15) is 5.11 Å². The van der Waals surface area contributed by atoms with E-state index in [0.717, 1.165) is 31.8 Å². The van der Waals surface area contributed by atoms with Gasteiger partial charge in [-0.25, -0.2) is 0 Å². The minimum Gasteiger partial charge on any atom is -0.501 e. The first-order valence-electron chi connectivity index (χ1n) is 8.34. The largest absolute Gasteiger partial charge is 0.501 e. The molecule has 2 aliphatic carbocycles. The van der Waals surface area contributed by atoms with Crippen LogP contribution in [0.5, 0.6) is 0 Å². The van der Waals surface area contributed by atoms with Gasteiger partial charge in [-0.15, -0.1) is 0 Å². The molecular weight excluding hydrogens is 236 g/mol. The van der Waals surface area contributed by atoms with Gasteiger partial charge in [0, 0.05) is 0 Å². The molecule has 3 aliphatic rings. The average molecular weight is 264 g/mol. The predicted octanol–water partition coefficient (Wildman–Crippen LogP) is 4.18. The molecule has 2 heteroatoms. The number of hydrogen-bond acceptors (Lipinski definition) is 2. The smallest absolute Gasteiger partial charge is 0.0919 e. The molecule has 1 heterocycles. The van der Waals surface area contributed by atoms with E-state index in [2.05, 4.69) is 0 Å². The highest BCUT2D eigenvalue weighted by molar-refractivity contribution is 5.20. The van der Waals surface area contributed by atoms with Crippen molar-refractivity contribution in [2.24, 2.45) is 11.8 Å². The van der Waals surface area contributed by atoms with Crippen molar-refractivity contribution in [2.75, 3.05) is 6.61 Å². The lowest BCUT2D eigenvalue weighted by molar-refractivity contribution is -0.0548. The lowest BCUT2D eigenvalue weighted by atomic mass is 9.62. The molecule has 0 amide bonds. The third kappa shape index (κ3) is 2.69. The first kappa shape index (κ1) is 13.5. The van der Waals surface area contributed by atoms with Gasteiger partial charge < -0.3 is 9.84 Å². The lowest BCUT2D eigenvalue weighted by Crippen LogP contribution is -2.47. The molecule has 2 saturated carbocycles. The highest BCUT2D eigenvalue weighted by Crippen LogP contribution is 2.48. The molecule has 108 valence electrons. The second kappa shape index (κ2) is 5.87. The van der Waals surface area contributed by atoms with Gasteiger partial charge in [0.05, 0.1) is 18.5 Å². The Hall–Kier alpha value is -0.500. The van der Waals surface area contributed by atoms with Crippen LogP contribution in [-0.4, -0.2) is 17.3 Å². The van der Waals surface area contributed by atoms with Crippen molar-refractivity contribution in [1.82, 2.24) is 0 Å². The van der Waals surface area contributed by atoms with Crippen LogP contribution in [0, 0.1) is 11.8 Å². The Morgan fingerprint density at radius 2 is 1.79 bits per heavy atom. The molecule has 1 N–H and O–H groups in total. The van der Waals surface area contributed by atoms with Crippen LogP contribution < -0.4 is 0 Å². The Morgan fingerprint density at radius 1 is 1.00 bits per heavy atom. The first-order chi connectivity index (χ1) is 9.31. The fourth-order valence-electron chi connectivity index (χ4n) is 4.63. The van der Waals surface area contributed by atoms with Crippen LogP contribution in [-0.2, 0) is 4.74 Å². The van der Waals surface area contributed by atoms with E-state index in [-0.39, 0.29) is 0 Å². The van der Waals surface area contributed by atoms with Crippen molar-refractivity contribution >= 4 is 0 Å². The summed E-state index contributed by atoms with van der Waals surface area (Å²) in [6.45, 7) is 0.827. The van der Waals surface area contributed by atoms with Crippen LogP contribution in [0.1, 0.15) is 70.6 Å². The fourth-order valence-corrected chi connectivity index (χ4v) is 4.63. The molecule has 0 aromatic carbocycles. The molecule has 0 saturated heterocycles. The van der Waals surface area contributed by atoms with E-state index in [1.165, 1.54) is 56.9 Å². The van der Waals surface area contributed by atoms with Crippen molar-refractivity contribution in [3.8, 4) is 0 Å². The molecule has 2 nitrogen and oxygen atoms in total. The zero-order valence-electron chi connectivity index (χ0n) is 12.1. The average Bonchev–Trinajstić information content (AvgIpc) is 2.49. The second-order valence-electron chi connectivity index (χ2n) is 6.79. The van der Waals surface area contributed by atoms with Gasteiger partial charge in [-0.3, -0.25) is 0 Å². The summed E-state index contributed by atoms with van der Waals surface area (Å²) < 4.78 is 5.51. The van der Waals surface area contributed by atoms with Gasteiger partial charge >= 0.3 is 0 Å². The summed E-state index contributed by atoms with van der Waals surface area (Å²) in [7, 11) is 0. The molecule has 1 aliphatic heterocycles. The zero-order chi connectivity index (χ0) is 13.1. The van der Waals surface area contributed by atoms with E-state index >= 15 is 0 Å². The quantitative estimate of drug-likeness (QED) is 0.810. The number of hydrogen-bond donors (Lipinski definition) is 1. The summed E-state index contributed by atoms with van der Waals surface area (Å²) in [5.41, 5.74) is 0.662. The van der Waals surface area contributed by atoms with Crippen LogP contribution in [0.3, 0.4) is 0 Å². The molecule has 0 radical (unpaired) electrons. The SMILES string of the molecule is OC1(C2=COCCC2)CCCCC1C1CCCCC1. The van der Waals surface area contributed by atoms with Gasteiger partial charge in [-0.2, -0.15) is 0 Å². The first-order valence-corrected chi connectivity index (χ1v) is 8.34. The zero-order valence-corrected chi connectivity index (χ0v) is 12.1. The fraction of sp³-hybridized carbons (Fsp3) is 0.882. The maximum atomic E-state index is 11.4. The summed E-state index contributed by atoms with van der Waals surface area (Å²) in [6, 6.07) is 0. The second-order valence-corrected chi connectivity index (χ2v) is 6.79. The van der Waals surface area contributed by atoms with E-state index in [1.54, 1.807) is 0 Å². The topological polar surface area (TPSA) is 29.5 Å². The van der Waals surface area contributed by atoms with Crippen molar-refractivity contribution in [3.05, 3.63) is 11.8 Å². The highest BCUT2D eigenvalue weighted by Gasteiger charge is 2.45. The normalized spacial score (nSPS) is 37.5. The molecule has 2 fully saturated rings. The number of rotatable bonds is 2. The molecule has 2 unspecified atom stereocenters. The molecule has 0 aromatic rings. The van der Waals surface area contributed by atoms with Crippen LogP contribution in [0.25, 0.3) is 0 Å². The van der Waals surface area contributed by atoms with E-state index in [0.29, 0.717) is 5.92 Å². The van der Waals surface area contributed by atoms with Gasteiger partial charge in [0.2, 0.25) is 0 Å². The maximum absolute atomic E-state index is 11.4. The van der Waals surface area contributed by atoms with E-state index in [1.807, 2.05) is 6.26 Å². The maximum Gasteiger partial charge on any atom is 0.0919 e. The van der Waals surface area contributed by atoms with Gasteiger partial charge in [0.25, 0.3) is 0 Å². The van der Waals surface area contributed by atoms with Crippen LogP contribution >= 0.6 is 0 Å². The van der Waals surface area contributed by atoms with E-state index < -0.39 is 5.60 Å². The van der Waals surface area contributed by atoms with Crippen LogP contribution in [0.4, 0.5) is 0 Å². The van der Waals surface area contributed by atoms with Gasteiger partial charge in [-0.1, -0.05) is 44.9 Å². The standard InChI is InChI=1S/C17H28O2/c18-17(15-9-6-12-19-13-15)11-5-4-10-16(17)14-7-2-1-3-8-14/h13-14,16,18H,1-12H2. The van der Waals surface area contributed by atoms with Crippen molar-refractivity contribution in [1.29, 1.82) is 0 Å².